The Hall–Kier alpha value is -4.73. The van der Waals surface area contributed by atoms with Crippen LogP contribution in [0.5, 0.6) is 11.5 Å². The molecule has 0 aliphatic carbocycles. The minimum atomic E-state index is -4.38. The number of amides is 1. The molecule has 0 aliphatic rings. The smallest absolute Gasteiger partial charge is 0.339 e. The third kappa shape index (κ3) is 6.23. The molecule has 0 fully saturated rings. The van der Waals surface area contributed by atoms with E-state index in [1.165, 1.54) is 25.3 Å². The maximum Gasteiger partial charge on any atom is 0.339 e. The van der Waals surface area contributed by atoms with Crippen molar-refractivity contribution in [3.05, 3.63) is 105 Å². The SMILES string of the molecule is COc1cc(/C=C(\C#N)C(=O)Nc2ccc3ccccc3c2)cc(Br)c1OS(=O)(=O)c1ccc([N+](=O)[O-])cc1. The summed E-state index contributed by atoms with van der Waals surface area (Å²) in [5.74, 6) is -0.829. The van der Waals surface area contributed by atoms with Gasteiger partial charge in [-0.2, -0.15) is 13.7 Å². The number of carbonyl (C=O) groups excluding carboxylic acids is 1. The Bertz CT molecular complexity index is 1780. The molecule has 1 amide bonds. The molecular weight excluding hydrogens is 590 g/mol. The third-order valence-electron chi connectivity index (χ3n) is 5.46. The molecule has 196 valence electrons. The summed E-state index contributed by atoms with van der Waals surface area (Å²) in [6, 6.07) is 21.9. The monoisotopic (exact) mass is 607 g/mol. The Morgan fingerprint density at radius 2 is 1.74 bits per heavy atom. The lowest BCUT2D eigenvalue weighted by atomic mass is 10.1. The largest absolute Gasteiger partial charge is 0.493 e. The molecule has 0 aliphatic heterocycles. The van der Waals surface area contributed by atoms with Crippen molar-refractivity contribution >= 4 is 60.2 Å². The third-order valence-corrected chi connectivity index (χ3v) is 7.29. The van der Waals surface area contributed by atoms with Gasteiger partial charge >= 0.3 is 10.1 Å². The highest BCUT2D eigenvalue weighted by Crippen LogP contribution is 2.39. The summed E-state index contributed by atoms with van der Waals surface area (Å²) in [7, 11) is -3.09. The second kappa shape index (κ2) is 11.3. The van der Waals surface area contributed by atoms with Crippen LogP contribution in [0.3, 0.4) is 0 Å². The molecule has 4 aromatic rings. The first-order chi connectivity index (χ1) is 18.6. The number of nitrogens with one attached hydrogen (secondary N) is 1. The van der Waals surface area contributed by atoms with Crippen LogP contribution < -0.4 is 14.2 Å². The van der Waals surface area contributed by atoms with Crippen molar-refractivity contribution in [1.82, 2.24) is 0 Å². The van der Waals surface area contributed by atoms with E-state index in [-0.39, 0.29) is 32.1 Å². The van der Waals surface area contributed by atoms with Crippen LogP contribution in [0, 0.1) is 21.4 Å². The van der Waals surface area contributed by atoms with E-state index in [4.69, 9.17) is 8.92 Å². The van der Waals surface area contributed by atoms with Crippen molar-refractivity contribution in [3.8, 4) is 17.6 Å². The number of non-ortho nitro benzene ring substituents is 1. The van der Waals surface area contributed by atoms with Crippen molar-refractivity contribution in [2.75, 3.05) is 12.4 Å². The van der Waals surface area contributed by atoms with Gasteiger partial charge in [0.15, 0.2) is 11.5 Å². The number of carbonyl (C=O) groups is 1. The molecule has 4 rings (SSSR count). The van der Waals surface area contributed by atoms with Crippen molar-refractivity contribution in [1.29, 1.82) is 5.26 Å². The number of hydrogen-bond acceptors (Lipinski definition) is 8. The van der Waals surface area contributed by atoms with Crippen LogP contribution >= 0.6 is 15.9 Å². The van der Waals surface area contributed by atoms with E-state index >= 15 is 0 Å². The van der Waals surface area contributed by atoms with Gasteiger partial charge in [0.05, 0.1) is 16.5 Å². The van der Waals surface area contributed by atoms with Crippen molar-refractivity contribution < 1.29 is 27.1 Å². The molecule has 12 heteroatoms. The minimum absolute atomic E-state index is 0.00617. The maximum atomic E-state index is 12.8. The molecule has 10 nitrogen and oxygen atoms in total. The van der Waals surface area contributed by atoms with Gasteiger partial charge in [-0.15, -0.1) is 0 Å². The van der Waals surface area contributed by atoms with Crippen LogP contribution in [0.2, 0.25) is 0 Å². The van der Waals surface area contributed by atoms with E-state index < -0.39 is 20.9 Å². The Labute approximate surface area is 231 Å². The minimum Gasteiger partial charge on any atom is -0.493 e. The van der Waals surface area contributed by atoms with Crippen LogP contribution in [-0.2, 0) is 14.9 Å². The highest BCUT2D eigenvalue weighted by atomic mass is 79.9. The molecule has 1 N–H and O–H groups in total. The summed E-state index contributed by atoms with van der Waals surface area (Å²) in [6.45, 7) is 0. The predicted octanol–water partition coefficient (Wildman–Crippen LogP) is 5.83. The van der Waals surface area contributed by atoms with E-state index in [9.17, 15) is 28.6 Å². The number of halogens is 1. The number of ether oxygens (including phenoxy) is 1. The topological polar surface area (TPSA) is 149 Å². The fraction of sp³-hybridized carbons (Fsp3) is 0.0370. The quantitative estimate of drug-likeness (QED) is 0.0863. The number of nitro groups is 1. The second-order valence-corrected chi connectivity index (χ2v) is 10.4. The van der Waals surface area contributed by atoms with Gasteiger partial charge in [0, 0.05) is 17.8 Å². The first-order valence-corrected chi connectivity index (χ1v) is 13.3. The Balaban J connectivity index is 1.59. The number of methoxy groups -OCH3 is 1. The van der Waals surface area contributed by atoms with Crippen molar-refractivity contribution in [2.24, 2.45) is 0 Å². The van der Waals surface area contributed by atoms with Crippen LogP contribution in [0.15, 0.2) is 93.8 Å². The summed E-state index contributed by atoms with van der Waals surface area (Å²) < 4.78 is 36.3. The second-order valence-electron chi connectivity index (χ2n) is 8.01. The molecule has 0 bridgehead atoms. The fourth-order valence-corrected chi connectivity index (χ4v) is 5.18. The number of fused-ring (bicyclic) bond motifs is 1. The number of rotatable bonds is 8. The van der Waals surface area contributed by atoms with Crippen LogP contribution in [0.25, 0.3) is 16.8 Å². The van der Waals surface area contributed by atoms with Gasteiger partial charge in [-0.25, -0.2) is 0 Å². The highest BCUT2D eigenvalue weighted by Gasteiger charge is 2.23. The van der Waals surface area contributed by atoms with E-state index in [0.29, 0.717) is 11.3 Å². The van der Waals surface area contributed by atoms with Gasteiger partial charge in [0.25, 0.3) is 11.6 Å². The first kappa shape index (κ1) is 27.3. The molecule has 0 saturated carbocycles. The van der Waals surface area contributed by atoms with Gasteiger partial charge in [-0.1, -0.05) is 30.3 Å². The molecule has 39 heavy (non-hydrogen) atoms. The van der Waals surface area contributed by atoms with Gasteiger partial charge < -0.3 is 14.2 Å². The molecular formula is C27H18BrN3O7S. The number of nitro benzene ring substituents is 1. The van der Waals surface area contributed by atoms with E-state index in [1.807, 2.05) is 36.4 Å². The number of hydrogen-bond donors (Lipinski definition) is 1. The molecule has 0 saturated heterocycles. The highest BCUT2D eigenvalue weighted by molar-refractivity contribution is 9.10. The van der Waals surface area contributed by atoms with Crippen molar-refractivity contribution in [3.63, 3.8) is 0 Å². The molecule has 0 atom stereocenters. The average Bonchev–Trinajstić information content (AvgIpc) is 2.92. The summed E-state index contributed by atoms with van der Waals surface area (Å²) >= 11 is 3.25. The molecule has 0 spiro atoms. The zero-order chi connectivity index (χ0) is 28.2. The molecule has 0 unspecified atom stereocenters. The molecule has 4 aromatic carbocycles. The summed E-state index contributed by atoms with van der Waals surface area (Å²) in [5.41, 5.74) is 0.383. The van der Waals surface area contributed by atoms with Gasteiger partial charge in [0.2, 0.25) is 0 Å². The van der Waals surface area contributed by atoms with Gasteiger partial charge in [-0.3, -0.25) is 14.9 Å². The Morgan fingerprint density at radius 3 is 2.38 bits per heavy atom. The van der Waals surface area contributed by atoms with E-state index in [1.54, 1.807) is 12.1 Å². The van der Waals surface area contributed by atoms with Gasteiger partial charge in [-0.05, 0) is 74.7 Å². The first-order valence-electron chi connectivity index (χ1n) is 11.1. The fourth-order valence-electron chi connectivity index (χ4n) is 3.58. The lowest BCUT2D eigenvalue weighted by Crippen LogP contribution is -2.13. The van der Waals surface area contributed by atoms with Gasteiger partial charge in [0.1, 0.15) is 16.5 Å². The van der Waals surface area contributed by atoms with Crippen LogP contribution in [0.1, 0.15) is 5.56 Å². The average molecular weight is 608 g/mol. The molecule has 0 radical (unpaired) electrons. The summed E-state index contributed by atoms with van der Waals surface area (Å²) in [6.07, 6.45) is 1.32. The lowest BCUT2D eigenvalue weighted by Gasteiger charge is -2.13. The predicted molar refractivity (Wildman–Crippen MR) is 148 cm³/mol. The zero-order valence-corrected chi connectivity index (χ0v) is 22.5. The van der Waals surface area contributed by atoms with Crippen LogP contribution in [0.4, 0.5) is 11.4 Å². The summed E-state index contributed by atoms with van der Waals surface area (Å²) in [5, 5.41) is 25.1. The van der Waals surface area contributed by atoms with E-state index in [0.717, 1.165) is 35.0 Å². The van der Waals surface area contributed by atoms with Crippen LogP contribution in [-0.4, -0.2) is 26.4 Å². The molecule has 0 heterocycles. The number of nitrogens with zero attached hydrogens (tertiary/aromatic N) is 2. The van der Waals surface area contributed by atoms with E-state index in [2.05, 4.69) is 21.2 Å². The summed E-state index contributed by atoms with van der Waals surface area (Å²) in [4.78, 5) is 22.7. The Kier molecular flexibility index (Phi) is 7.94. The van der Waals surface area contributed by atoms with Crippen molar-refractivity contribution in [2.45, 2.75) is 4.90 Å². The Morgan fingerprint density at radius 1 is 1.05 bits per heavy atom. The number of benzene rings is 4. The molecule has 0 aromatic heterocycles. The maximum absolute atomic E-state index is 12.8. The number of nitriles is 1. The lowest BCUT2D eigenvalue weighted by molar-refractivity contribution is -0.384. The normalized spacial score (nSPS) is 11.5. The standard InChI is InChI=1S/C27H18BrN3O7S/c1-37-25-14-17(12-20(16-29)27(32)30-21-7-6-18-4-2-3-5-19(18)15-21)13-24(28)26(25)38-39(35,36)23-10-8-22(9-11-23)31(33)34/h2-15H,1H3,(H,30,32)/b20-12+. The zero-order valence-electron chi connectivity index (χ0n) is 20.1. The number of anilines is 1.